The number of hydrogen-bond acceptors (Lipinski definition) is 3. The molecule has 1 aromatic carbocycles. The van der Waals surface area contributed by atoms with Gasteiger partial charge in [-0.2, -0.15) is 5.26 Å². The zero-order chi connectivity index (χ0) is 15.3. The molecule has 2 rings (SSSR count). The first kappa shape index (κ1) is 15.3. The molecule has 1 atom stereocenters. The Kier molecular flexibility index (Phi) is 4.82. The first-order chi connectivity index (χ1) is 9.98. The zero-order valence-corrected chi connectivity index (χ0v) is 12.9. The molecule has 110 valence electrons. The van der Waals surface area contributed by atoms with Gasteiger partial charge in [0.25, 0.3) is 0 Å². The molecular formula is C18H22N2O. The molecule has 0 bridgehead atoms. The first-order valence-electron chi connectivity index (χ1n) is 7.25. The summed E-state index contributed by atoms with van der Waals surface area (Å²) in [6, 6.07) is 16.3. The Morgan fingerprint density at radius 1 is 1.14 bits per heavy atom. The largest absolute Gasteiger partial charge is 0.449 e. The molecule has 1 unspecified atom stereocenters. The van der Waals surface area contributed by atoms with E-state index in [1.54, 1.807) is 6.07 Å². The summed E-state index contributed by atoms with van der Waals surface area (Å²) in [7, 11) is 0. The summed E-state index contributed by atoms with van der Waals surface area (Å²) < 4.78 is 5.43. The highest BCUT2D eigenvalue weighted by atomic mass is 16.3. The van der Waals surface area contributed by atoms with Gasteiger partial charge >= 0.3 is 0 Å². The minimum absolute atomic E-state index is 0.231. The van der Waals surface area contributed by atoms with Crippen LogP contribution in [-0.4, -0.2) is 0 Å². The molecule has 21 heavy (non-hydrogen) atoms. The van der Waals surface area contributed by atoms with Gasteiger partial charge in [-0.25, -0.2) is 0 Å². The highest BCUT2D eigenvalue weighted by Gasteiger charge is 2.20. The molecule has 0 saturated carbocycles. The first-order valence-corrected chi connectivity index (χ1v) is 7.25. The second-order valence-corrected chi connectivity index (χ2v) is 6.49. The van der Waals surface area contributed by atoms with Gasteiger partial charge in [0.1, 0.15) is 11.8 Å². The van der Waals surface area contributed by atoms with Gasteiger partial charge in [0.05, 0.1) is 6.54 Å². The molecule has 0 aliphatic carbocycles. The number of hydrogen-bond donors (Lipinski definition) is 1. The van der Waals surface area contributed by atoms with Crippen LogP contribution >= 0.6 is 0 Å². The Morgan fingerprint density at radius 2 is 1.86 bits per heavy atom. The van der Waals surface area contributed by atoms with Gasteiger partial charge < -0.3 is 9.73 Å². The van der Waals surface area contributed by atoms with E-state index in [9.17, 15) is 0 Å². The van der Waals surface area contributed by atoms with E-state index in [1.807, 2.05) is 18.2 Å². The highest BCUT2D eigenvalue weighted by molar-refractivity contribution is 5.21. The minimum Gasteiger partial charge on any atom is -0.449 e. The normalized spacial score (nSPS) is 12.9. The van der Waals surface area contributed by atoms with Crippen LogP contribution in [0.3, 0.4) is 0 Å². The van der Waals surface area contributed by atoms with Gasteiger partial charge in [-0.1, -0.05) is 51.1 Å². The smallest absolute Gasteiger partial charge is 0.203 e. The number of nitrogens with one attached hydrogen (secondary N) is 1. The van der Waals surface area contributed by atoms with Gasteiger partial charge in [-0.15, -0.1) is 0 Å². The van der Waals surface area contributed by atoms with Crippen LogP contribution in [-0.2, 0) is 6.54 Å². The summed E-state index contributed by atoms with van der Waals surface area (Å²) in [5.41, 5.74) is 1.51. The molecule has 0 amide bonds. The lowest BCUT2D eigenvalue weighted by Gasteiger charge is -2.27. The second kappa shape index (κ2) is 6.60. The SMILES string of the molecule is CC(C)(C)CC(NCc1ccc(C#N)o1)c1ccccc1. The molecule has 0 fully saturated rings. The fourth-order valence-corrected chi connectivity index (χ4v) is 2.36. The van der Waals surface area contributed by atoms with Crippen LogP contribution < -0.4 is 5.32 Å². The van der Waals surface area contributed by atoms with Crippen molar-refractivity contribution < 1.29 is 4.42 Å². The Morgan fingerprint density at radius 3 is 2.43 bits per heavy atom. The van der Waals surface area contributed by atoms with E-state index in [4.69, 9.17) is 9.68 Å². The molecule has 1 aromatic heterocycles. The van der Waals surface area contributed by atoms with Crippen LogP contribution in [0.1, 0.15) is 50.3 Å². The Labute approximate surface area is 126 Å². The van der Waals surface area contributed by atoms with Crippen LogP contribution in [0.15, 0.2) is 46.9 Å². The maximum Gasteiger partial charge on any atom is 0.203 e. The second-order valence-electron chi connectivity index (χ2n) is 6.49. The maximum atomic E-state index is 8.80. The summed E-state index contributed by atoms with van der Waals surface area (Å²) >= 11 is 0. The lowest BCUT2D eigenvalue weighted by atomic mass is 9.85. The van der Waals surface area contributed by atoms with Crippen molar-refractivity contribution >= 4 is 0 Å². The summed E-state index contributed by atoms with van der Waals surface area (Å²) in [5, 5.41) is 12.3. The number of furan rings is 1. The third kappa shape index (κ3) is 4.77. The highest BCUT2D eigenvalue weighted by Crippen LogP contribution is 2.29. The van der Waals surface area contributed by atoms with Gasteiger partial charge in [0, 0.05) is 6.04 Å². The van der Waals surface area contributed by atoms with Gasteiger partial charge in [0.15, 0.2) is 0 Å². The molecule has 3 heteroatoms. The average Bonchev–Trinajstić information content (AvgIpc) is 2.91. The summed E-state index contributed by atoms with van der Waals surface area (Å²) in [4.78, 5) is 0. The van der Waals surface area contributed by atoms with Crippen molar-refractivity contribution in [2.45, 2.75) is 39.8 Å². The van der Waals surface area contributed by atoms with Crippen molar-refractivity contribution in [3.63, 3.8) is 0 Å². The predicted octanol–water partition coefficient (Wildman–Crippen LogP) is 4.42. The minimum atomic E-state index is 0.231. The molecule has 0 spiro atoms. The van der Waals surface area contributed by atoms with Crippen LogP contribution in [0.4, 0.5) is 0 Å². The van der Waals surface area contributed by atoms with E-state index in [2.05, 4.69) is 50.4 Å². The topological polar surface area (TPSA) is 49.0 Å². The third-order valence-corrected chi connectivity index (χ3v) is 3.31. The van der Waals surface area contributed by atoms with Crippen molar-refractivity contribution in [3.8, 4) is 6.07 Å². The Bertz CT molecular complexity index is 602. The molecular weight excluding hydrogens is 260 g/mol. The van der Waals surface area contributed by atoms with Crippen molar-refractivity contribution in [1.82, 2.24) is 5.32 Å². The molecule has 0 aliphatic heterocycles. The third-order valence-electron chi connectivity index (χ3n) is 3.31. The van der Waals surface area contributed by atoms with Gasteiger partial charge in [-0.3, -0.25) is 0 Å². The molecule has 0 saturated heterocycles. The van der Waals surface area contributed by atoms with E-state index < -0.39 is 0 Å². The van der Waals surface area contributed by atoms with Crippen molar-refractivity contribution in [3.05, 3.63) is 59.5 Å². The van der Waals surface area contributed by atoms with E-state index in [-0.39, 0.29) is 11.5 Å². The van der Waals surface area contributed by atoms with Crippen molar-refractivity contribution in [1.29, 1.82) is 5.26 Å². The fraction of sp³-hybridized carbons (Fsp3) is 0.389. The summed E-state index contributed by atoms with van der Waals surface area (Å²) in [5.74, 6) is 1.15. The Hall–Kier alpha value is -2.05. The molecule has 1 N–H and O–H groups in total. The van der Waals surface area contributed by atoms with Crippen LogP contribution in [0.5, 0.6) is 0 Å². The van der Waals surface area contributed by atoms with E-state index in [0.29, 0.717) is 12.3 Å². The lowest BCUT2D eigenvalue weighted by Crippen LogP contribution is -2.25. The van der Waals surface area contributed by atoms with E-state index >= 15 is 0 Å². The maximum absolute atomic E-state index is 8.80. The van der Waals surface area contributed by atoms with Crippen LogP contribution in [0.25, 0.3) is 0 Å². The summed E-state index contributed by atoms with van der Waals surface area (Å²) in [6.07, 6.45) is 1.03. The predicted molar refractivity (Wildman–Crippen MR) is 83.5 cm³/mol. The van der Waals surface area contributed by atoms with E-state index in [0.717, 1.165) is 12.2 Å². The van der Waals surface area contributed by atoms with Gasteiger partial charge in [-0.05, 0) is 29.5 Å². The quantitative estimate of drug-likeness (QED) is 0.883. The number of nitriles is 1. The molecule has 2 aromatic rings. The average molecular weight is 282 g/mol. The van der Waals surface area contributed by atoms with Gasteiger partial charge in [0.2, 0.25) is 5.76 Å². The fourth-order valence-electron chi connectivity index (χ4n) is 2.36. The number of benzene rings is 1. The molecule has 1 heterocycles. The Balaban J connectivity index is 2.07. The van der Waals surface area contributed by atoms with E-state index in [1.165, 1.54) is 5.56 Å². The van der Waals surface area contributed by atoms with Crippen molar-refractivity contribution in [2.75, 3.05) is 0 Å². The number of nitrogens with zero attached hydrogens (tertiary/aromatic N) is 1. The standard InChI is InChI=1S/C18H22N2O/c1-18(2,3)11-17(14-7-5-4-6-8-14)20-13-16-10-9-15(12-19)21-16/h4-10,17,20H,11,13H2,1-3H3. The molecule has 3 nitrogen and oxygen atoms in total. The van der Waals surface area contributed by atoms with Crippen LogP contribution in [0.2, 0.25) is 0 Å². The monoisotopic (exact) mass is 282 g/mol. The van der Waals surface area contributed by atoms with Crippen molar-refractivity contribution in [2.24, 2.45) is 5.41 Å². The molecule has 0 radical (unpaired) electrons. The molecule has 0 aliphatic rings. The zero-order valence-electron chi connectivity index (χ0n) is 12.9. The number of rotatable bonds is 5. The van der Waals surface area contributed by atoms with Crippen LogP contribution in [0, 0.1) is 16.7 Å². The lowest BCUT2D eigenvalue weighted by molar-refractivity contribution is 0.304. The summed E-state index contributed by atoms with van der Waals surface area (Å²) in [6.45, 7) is 7.35.